The number of rotatable bonds is 4. The lowest BCUT2D eigenvalue weighted by atomic mass is 9.81. The third-order valence-electron chi connectivity index (χ3n) is 3.77. The molecule has 0 aliphatic rings. The molecule has 2 rings (SSSR count). The zero-order valence-electron chi connectivity index (χ0n) is 13.4. The maximum absolute atomic E-state index is 6.39. The summed E-state index contributed by atoms with van der Waals surface area (Å²) in [6.45, 7) is 9.58. The highest BCUT2D eigenvalue weighted by Crippen LogP contribution is 2.34. The Labute approximate surface area is 132 Å². The first kappa shape index (κ1) is 16.1. The fourth-order valence-corrected chi connectivity index (χ4v) is 3.03. The lowest BCUT2D eigenvalue weighted by Gasteiger charge is -2.28. The van der Waals surface area contributed by atoms with E-state index in [-0.39, 0.29) is 11.5 Å². The van der Waals surface area contributed by atoms with Crippen molar-refractivity contribution in [1.29, 1.82) is 0 Å². The molecule has 1 heterocycles. The van der Waals surface area contributed by atoms with Gasteiger partial charge in [-0.2, -0.15) is 5.10 Å². The molecule has 1 atom stereocenters. The molecule has 2 aromatic rings. The van der Waals surface area contributed by atoms with Crippen molar-refractivity contribution in [3.8, 4) is 0 Å². The molecule has 0 aliphatic heterocycles. The summed E-state index contributed by atoms with van der Waals surface area (Å²) in [6, 6.07) is 8.58. The molecule has 1 unspecified atom stereocenters. The van der Waals surface area contributed by atoms with Crippen LogP contribution in [-0.2, 0) is 12.0 Å². The smallest absolute Gasteiger partial charge is 0.0837 e. The summed E-state index contributed by atoms with van der Waals surface area (Å²) in [5.41, 5.74) is 3.68. The van der Waals surface area contributed by atoms with Gasteiger partial charge in [0.25, 0.3) is 0 Å². The molecule has 0 saturated heterocycles. The second-order valence-corrected chi connectivity index (χ2v) is 6.66. The highest BCUT2D eigenvalue weighted by Gasteiger charge is 2.26. The molecule has 0 fully saturated rings. The largest absolute Gasteiger partial charge is 0.308 e. The van der Waals surface area contributed by atoms with Crippen molar-refractivity contribution in [3.63, 3.8) is 0 Å². The summed E-state index contributed by atoms with van der Waals surface area (Å²) < 4.78 is 1.96. The second kappa shape index (κ2) is 6.20. The normalized spacial score (nSPS) is 13.4. The Hall–Kier alpha value is -1.32. The SMILES string of the molecule is CCn1ncc(Cl)c1C(NC)c1ccccc1C(C)(C)C. The molecule has 0 aliphatic carbocycles. The van der Waals surface area contributed by atoms with E-state index in [1.54, 1.807) is 6.20 Å². The van der Waals surface area contributed by atoms with E-state index in [4.69, 9.17) is 11.6 Å². The highest BCUT2D eigenvalue weighted by atomic mass is 35.5. The van der Waals surface area contributed by atoms with Crippen molar-refractivity contribution in [2.45, 2.75) is 45.7 Å². The van der Waals surface area contributed by atoms with Crippen LogP contribution in [0.25, 0.3) is 0 Å². The molecule has 0 spiro atoms. The third-order valence-corrected chi connectivity index (χ3v) is 4.07. The molecule has 0 bridgehead atoms. The van der Waals surface area contributed by atoms with Crippen molar-refractivity contribution in [2.24, 2.45) is 0 Å². The summed E-state index contributed by atoms with van der Waals surface area (Å²) in [4.78, 5) is 0. The second-order valence-electron chi connectivity index (χ2n) is 6.25. The Bertz CT molecular complexity index is 611. The number of halogens is 1. The molecule has 0 radical (unpaired) electrons. The van der Waals surface area contributed by atoms with Crippen molar-refractivity contribution in [1.82, 2.24) is 15.1 Å². The molecular formula is C17H24ClN3. The van der Waals surface area contributed by atoms with Crippen molar-refractivity contribution >= 4 is 11.6 Å². The van der Waals surface area contributed by atoms with Gasteiger partial charge in [-0.15, -0.1) is 0 Å². The van der Waals surface area contributed by atoms with E-state index >= 15 is 0 Å². The fourth-order valence-electron chi connectivity index (χ4n) is 2.78. The monoisotopic (exact) mass is 305 g/mol. The van der Waals surface area contributed by atoms with Crippen molar-refractivity contribution < 1.29 is 0 Å². The Morgan fingerprint density at radius 1 is 1.29 bits per heavy atom. The van der Waals surface area contributed by atoms with Gasteiger partial charge in [-0.3, -0.25) is 4.68 Å². The number of benzene rings is 1. The third kappa shape index (κ3) is 3.14. The average Bonchev–Trinajstić information content (AvgIpc) is 2.81. The van der Waals surface area contributed by atoms with E-state index in [1.165, 1.54) is 11.1 Å². The van der Waals surface area contributed by atoms with Crippen LogP contribution in [0.2, 0.25) is 5.02 Å². The predicted molar refractivity (Wildman–Crippen MR) is 89.0 cm³/mol. The Kier molecular flexibility index (Phi) is 4.74. The minimum absolute atomic E-state index is 0.0374. The summed E-state index contributed by atoms with van der Waals surface area (Å²) in [6.07, 6.45) is 1.73. The lowest BCUT2D eigenvalue weighted by Crippen LogP contribution is -2.25. The van der Waals surface area contributed by atoms with E-state index < -0.39 is 0 Å². The molecular weight excluding hydrogens is 282 g/mol. The number of nitrogens with one attached hydrogen (secondary N) is 1. The standard InChI is InChI=1S/C17H24ClN3/c1-6-21-16(14(18)11-20-21)15(19-5)12-9-7-8-10-13(12)17(2,3)4/h7-11,15,19H,6H2,1-5H3. The number of hydrogen-bond acceptors (Lipinski definition) is 2. The molecule has 1 aromatic heterocycles. The molecule has 0 amide bonds. The van der Waals surface area contributed by atoms with Gasteiger partial charge in [-0.25, -0.2) is 0 Å². The first-order valence-corrected chi connectivity index (χ1v) is 7.75. The molecule has 3 nitrogen and oxygen atoms in total. The van der Waals surface area contributed by atoms with Crippen LogP contribution in [0.5, 0.6) is 0 Å². The Morgan fingerprint density at radius 3 is 2.52 bits per heavy atom. The summed E-state index contributed by atoms with van der Waals surface area (Å²) in [7, 11) is 1.97. The average molecular weight is 306 g/mol. The van der Waals surface area contributed by atoms with Crippen LogP contribution in [0.1, 0.15) is 50.6 Å². The molecule has 0 saturated carbocycles. The van der Waals surface area contributed by atoms with E-state index in [1.807, 2.05) is 11.7 Å². The maximum Gasteiger partial charge on any atom is 0.0837 e. The Balaban J connectivity index is 2.60. The van der Waals surface area contributed by atoms with E-state index in [0.29, 0.717) is 5.02 Å². The minimum Gasteiger partial charge on any atom is -0.308 e. The minimum atomic E-state index is 0.0374. The molecule has 21 heavy (non-hydrogen) atoms. The van der Waals surface area contributed by atoms with Gasteiger partial charge < -0.3 is 5.32 Å². The fraction of sp³-hybridized carbons (Fsp3) is 0.471. The summed E-state index contributed by atoms with van der Waals surface area (Å²) >= 11 is 6.39. The number of nitrogens with zero attached hydrogens (tertiary/aromatic N) is 2. The molecule has 114 valence electrons. The lowest BCUT2D eigenvalue weighted by molar-refractivity contribution is 0.537. The van der Waals surface area contributed by atoms with Gasteiger partial charge in [0.1, 0.15) is 0 Å². The molecule has 1 N–H and O–H groups in total. The van der Waals surface area contributed by atoms with Crippen LogP contribution in [0.3, 0.4) is 0 Å². The van der Waals surface area contributed by atoms with Gasteiger partial charge in [-0.1, -0.05) is 56.6 Å². The van der Waals surface area contributed by atoms with Crippen LogP contribution in [0, 0.1) is 0 Å². The van der Waals surface area contributed by atoms with Gasteiger partial charge in [0.2, 0.25) is 0 Å². The Morgan fingerprint density at radius 2 is 1.95 bits per heavy atom. The topological polar surface area (TPSA) is 29.9 Å². The first-order chi connectivity index (χ1) is 9.90. The highest BCUT2D eigenvalue weighted by molar-refractivity contribution is 6.31. The van der Waals surface area contributed by atoms with Gasteiger partial charge in [0.15, 0.2) is 0 Å². The quantitative estimate of drug-likeness (QED) is 0.919. The predicted octanol–water partition coefficient (Wildman–Crippen LogP) is 4.16. The molecule has 1 aromatic carbocycles. The maximum atomic E-state index is 6.39. The van der Waals surface area contributed by atoms with E-state index in [0.717, 1.165) is 12.2 Å². The first-order valence-electron chi connectivity index (χ1n) is 7.38. The van der Waals surface area contributed by atoms with Crippen LogP contribution in [0.15, 0.2) is 30.5 Å². The van der Waals surface area contributed by atoms with E-state index in [2.05, 4.69) is 62.4 Å². The van der Waals surface area contributed by atoms with Crippen LogP contribution in [-0.4, -0.2) is 16.8 Å². The van der Waals surface area contributed by atoms with Crippen molar-refractivity contribution in [2.75, 3.05) is 7.05 Å². The number of aromatic nitrogens is 2. The summed E-state index contributed by atoms with van der Waals surface area (Å²) in [5, 5.41) is 8.48. The molecule has 4 heteroatoms. The zero-order chi connectivity index (χ0) is 15.6. The number of hydrogen-bond donors (Lipinski definition) is 1. The van der Waals surface area contributed by atoms with Gasteiger partial charge in [0.05, 0.1) is 23.0 Å². The van der Waals surface area contributed by atoms with Crippen LogP contribution >= 0.6 is 11.6 Å². The van der Waals surface area contributed by atoms with Crippen LogP contribution in [0.4, 0.5) is 0 Å². The number of aryl methyl sites for hydroxylation is 1. The summed E-state index contributed by atoms with van der Waals surface area (Å²) in [5.74, 6) is 0. The van der Waals surface area contributed by atoms with Gasteiger partial charge >= 0.3 is 0 Å². The van der Waals surface area contributed by atoms with Crippen LogP contribution < -0.4 is 5.32 Å². The van der Waals surface area contributed by atoms with Crippen molar-refractivity contribution in [3.05, 3.63) is 52.3 Å². The van der Waals surface area contributed by atoms with Gasteiger partial charge in [0, 0.05) is 6.54 Å². The van der Waals surface area contributed by atoms with E-state index in [9.17, 15) is 0 Å². The van der Waals surface area contributed by atoms with Gasteiger partial charge in [-0.05, 0) is 30.5 Å². The zero-order valence-corrected chi connectivity index (χ0v) is 14.2.